The van der Waals surface area contributed by atoms with E-state index < -0.39 is 17.4 Å². The van der Waals surface area contributed by atoms with Crippen molar-refractivity contribution in [3.8, 4) is 11.3 Å². The summed E-state index contributed by atoms with van der Waals surface area (Å²) in [6.07, 6.45) is 0.168. The monoisotopic (exact) mass is 602 g/mol. The molecule has 0 radical (unpaired) electrons. The van der Waals surface area contributed by atoms with Crippen LogP contribution in [0.3, 0.4) is 0 Å². The number of aromatic nitrogens is 2. The van der Waals surface area contributed by atoms with Gasteiger partial charge in [0.2, 0.25) is 0 Å². The largest absolute Gasteiger partial charge is 0.465 e. The minimum atomic E-state index is -0.656. The molecule has 0 N–H and O–H groups in total. The van der Waals surface area contributed by atoms with Gasteiger partial charge in [-0.2, -0.15) is 0 Å². The number of ether oxygens (including phenoxy) is 4. The van der Waals surface area contributed by atoms with Gasteiger partial charge < -0.3 is 28.7 Å². The minimum Gasteiger partial charge on any atom is -0.465 e. The number of hydrogen-bond acceptors (Lipinski definition) is 9. The van der Waals surface area contributed by atoms with E-state index in [1.54, 1.807) is 30.2 Å². The molecule has 12 heteroatoms. The van der Waals surface area contributed by atoms with Crippen molar-refractivity contribution < 1.29 is 32.9 Å². The highest BCUT2D eigenvalue weighted by molar-refractivity contribution is 6.34. The Kier molecular flexibility index (Phi) is 9.85. The quantitative estimate of drug-likeness (QED) is 0.319. The molecule has 1 aliphatic rings. The molecule has 226 valence electrons. The number of rotatable bonds is 8. The molecule has 1 aliphatic heterocycles. The second kappa shape index (κ2) is 13.2. The third kappa shape index (κ3) is 6.91. The molecule has 1 saturated heterocycles. The Morgan fingerprint density at radius 3 is 2.33 bits per heavy atom. The number of pyridine rings is 2. The molecule has 0 bridgehead atoms. The van der Waals surface area contributed by atoms with Crippen molar-refractivity contribution in [1.82, 2.24) is 14.9 Å². The maximum Gasteiger partial charge on any atom is 0.410 e. The van der Waals surface area contributed by atoms with Crippen molar-refractivity contribution in [2.75, 3.05) is 59.0 Å². The fraction of sp³-hybridized carbons (Fsp3) is 0.467. The lowest BCUT2D eigenvalue weighted by Crippen LogP contribution is -2.50. The first kappa shape index (κ1) is 31.4. The van der Waals surface area contributed by atoms with Crippen LogP contribution in [-0.4, -0.2) is 86.6 Å². The van der Waals surface area contributed by atoms with Crippen LogP contribution in [-0.2, 0) is 32.0 Å². The third-order valence-electron chi connectivity index (χ3n) is 6.77. The fourth-order valence-corrected chi connectivity index (χ4v) is 5.02. The van der Waals surface area contributed by atoms with Crippen LogP contribution < -0.4 is 4.90 Å². The molecule has 42 heavy (non-hydrogen) atoms. The van der Waals surface area contributed by atoms with Crippen molar-refractivity contribution in [2.24, 2.45) is 0 Å². The molecule has 10 nitrogen and oxygen atoms in total. The lowest BCUT2D eigenvalue weighted by atomic mass is 10.0. The molecule has 0 unspecified atom stereocenters. The van der Waals surface area contributed by atoms with E-state index in [1.165, 1.54) is 20.3 Å². The van der Waals surface area contributed by atoms with Crippen molar-refractivity contribution in [2.45, 2.75) is 39.4 Å². The first-order chi connectivity index (χ1) is 20.0. The first-order valence-electron chi connectivity index (χ1n) is 13.6. The summed E-state index contributed by atoms with van der Waals surface area (Å²) in [6.45, 7) is 7.63. The normalized spacial score (nSPS) is 13.9. The molecule has 0 atom stereocenters. The van der Waals surface area contributed by atoms with Crippen molar-refractivity contribution in [3.05, 3.63) is 51.9 Å². The van der Waals surface area contributed by atoms with Gasteiger partial charge in [-0.3, -0.25) is 0 Å². The number of methoxy groups -OCH3 is 3. The Hall–Kier alpha value is -3.54. The fourth-order valence-electron chi connectivity index (χ4n) is 4.77. The van der Waals surface area contributed by atoms with E-state index in [9.17, 15) is 9.59 Å². The van der Waals surface area contributed by atoms with Crippen LogP contribution in [0.5, 0.6) is 0 Å². The van der Waals surface area contributed by atoms with Crippen LogP contribution in [0.2, 0.25) is 5.02 Å². The van der Waals surface area contributed by atoms with Gasteiger partial charge in [0.15, 0.2) is 0 Å². The van der Waals surface area contributed by atoms with Gasteiger partial charge >= 0.3 is 12.1 Å². The molecule has 3 heterocycles. The summed E-state index contributed by atoms with van der Waals surface area (Å²) in [6, 6.07) is 6.48. The molecule has 3 aromatic rings. The predicted octanol–water partition coefficient (Wildman–Crippen LogP) is 5.27. The molecular weight excluding hydrogens is 567 g/mol. The maximum absolute atomic E-state index is 15.3. The summed E-state index contributed by atoms with van der Waals surface area (Å²) < 4.78 is 36.4. The second-order valence-corrected chi connectivity index (χ2v) is 11.3. The highest BCUT2D eigenvalue weighted by Crippen LogP contribution is 2.37. The molecule has 1 fully saturated rings. The van der Waals surface area contributed by atoms with Gasteiger partial charge in [0.1, 0.15) is 22.8 Å². The zero-order valence-electron chi connectivity index (χ0n) is 24.8. The van der Waals surface area contributed by atoms with Gasteiger partial charge in [-0.15, -0.1) is 0 Å². The average Bonchev–Trinajstić information content (AvgIpc) is 2.94. The van der Waals surface area contributed by atoms with Gasteiger partial charge in [0.25, 0.3) is 0 Å². The number of hydrogen-bond donors (Lipinski definition) is 0. The predicted molar refractivity (Wildman–Crippen MR) is 158 cm³/mol. The average molecular weight is 603 g/mol. The highest BCUT2D eigenvalue weighted by Gasteiger charge is 2.30. The number of nitrogens with zero attached hydrogens (tertiary/aromatic N) is 4. The Bertz CT molecular complexity index is 1470. The number of esters is 1. The van der Waals surface area contributed by atoms with E-state index >= 15 is 4.39 Å². The first-order valence-corrected chi connectivity index (χ1v) is 14.0. The van der Waals surface area contributed by atoms with Crippen LogP contribution in [0.15, 0.2) is 24.3 Å². The van der Waals surface area contributed by atoms with Gasteiger partial charge in [0, 0.05) is 51.3 Å². The van der Waals surface area contributed by atoms with E-state index in [0.717, 1.165) is 5.56 Å². The molecule has 1 aromatic carbocycles. The summed E-state index contributed by atoms with van der Waals surface area (Å²) in [5, 5.41) is 0.684. The zero-order valence-corrected chi connectivity index (χ0v) is 25.5. The van der Waals surface area contributed by atoms with Crippen molar-refractivity contribution >= 4 is 40.4 Å². The Morgan fingerprint density at radius 2 is 1.74 bits per heavy atom. The molecule has 0 spiro atoms. The molecule has 2 aromatic heterocycles. The number of carbonyl (C=O) groups is 2. The lowest BCUT2D eigenvalue weighted by molar-refractivity contribution is 0.0240. The summed E-state index contributed by atoms with van der Waals surface area (Å²) in [7, 11) is 4.35. The van der Waals surface area contributed by atoms with Gasteiger partial charge in [0.05, 0.1) is 42.3 Å². The molecule has 4 rings (SSSR count). The number of piperazine rings is 1. The highest BCUT2D eigenvalue weighted by atomic mass is 35.5. The van der Waals surface area contributed by atoms with E-state index in [4.69, 9.17) is 40.5 Å². The van der Waals surface area contributed by atoms with Gasteiger partial charge in [-0.25, -0.2) is 23.9 Å². The SMILES string of the molecule is COCCc1ccc(-c2nc3c(C(=O)OC)c(COC)nc(N4CCN(C(=O)OC(C)(C)C)CC4)c3cc2Cl)c(F)c1. The molecule has 0 saturated carbocycles. The van der Waals surface area contributed by atoms with E-state index in [2.05, 4.69) is 0 Å². The standard InChI is InChI=1S/C30H36ClFN4O6/c1-30(2,3)42-29(38)36-12-10-35(11-13-36)27-20-16-21(31)25(19-8-7-18(9-14-39-4)15-22(19)32)34-26(20)24(28(37)41-6)23(33-27)17-40-5/h7-8,15-16H,9-14,17H2,1-6H3. The smallest absolute Gasteiger partial charge is 0.410 e. The zero-order chi connectivity index (χ0) is 30.6. The second-order valence-electron chi connectivity index (χ2n) is 10.9. The van der Waals surface area contributed by atoms with E-state index in [-0.39, 0.29) is 40.1 Å². The molecule has 1 amide bonds. The van der Waals surface area contributed by atoms with Crippen LogP contribution in [0.4, 0.5) is 15.0 Å². The summed E-state index contributed by atoms with van der Waals surface area (Å²) in [5.74, 6) is -0.636. The summed E-state index contributed by atoms with van der Waals surface area (Å²) in [5.41, 5.74) is 1.23. The molecule has 0 aliphatic carbocycles. The Labute approximate surface area is 249 Å². The third-order valence-corrected chi connectivity index (χ3v) is 7.06. The Balaban J connectivity index is 1.81. The summed E-state index contributed by atoms with van der Waals surface area (Å²) >= 11 is 6.73. The number of fused-ring (bicyclic) bond motifs is 1. The van der Waals surface area contributed by atoms with Gasteiger partial charge in [-0.05, 0) is 51.0 Å². The van der Waals surface area contributed by atoms with Gasteiger partial charge in [-0.1, -0.05) is 17.7 Å². The van der Waals surface area contributed by atoms with Crippen LogP contribution >= 0.6 is 11.6 Å². The minimum absolute atomic E-state index is 0.00739. The Morgan fingerprint density at radius 1 is 1.02 bits per heavy atom. The molecular formula is C30H36ClFN4O6. The van der Waals surface area contributed by atoms with E-state index in [1.807, 2.05) is 25.7 Å². The lowest BCUT2D eigenvalue weighted by Gasteiger charge is -2.36. The maximum atomic E-state index is 15.3. The van der Waals surface area contributed by atoms with Crippen LogP contribution in [0, 0.1) is 5.82 Å². The number of benzene rings is 1. The van der Waals surface area contributed by atoms with Crippen LogP contribution in [0.1, 0.15) is 42.4 Å². The topological polar surface area (TPSA) is 103 Å². The number of anilines is 1. The number of carbonyl (C=O) groups excluding carboxylic acids is 2. The summed E-state index contributed by atoms with van der Waals surface area (Å²) in [4.78, 5) is 38.8. The number of amides is 1. The van der Waals surface area contributed by atoms with E-state index in [0.29, 0.717) is 56.1 Å². The van der Waals surface area contributed by atoms with Crippen molar-refractivity contribution in [3.63, 3.8) is 0 Å². The number of halogens is 2. The van der Waals surface area contributed by atoms with Crippen molar-refractivity contribution in [1.29, 1.82) is 0 Å². The van der Waals surface area contributed by atoms with Crippen LogP contribution in [0.25, 0.3) is 22.2 Å².